The number of benzene rings is 1. The van der Waals surface area contributed by atoms with Crippen molar-refractivity contribution in [3.05, 3.63) is 35.9 Å². The van der Waals surface area contributed by atoms with Gasteiger partial charge in [-0.1, -0.05) is 19.0 Å². The van der Waals surface area contributed by atoms with Gasteiger partial charge in [-0.3, -0.25) is 0 Å². The van der Waals surface area contributed by atoms with E-state index >= 15 is 0 Å². The second-order valence-corrected chi connectivity index (χ2v) is 4.81. The maximum atomic E-state index is 12.7. The fourth-order valence-corrected chi connectivity index (χ4v) is 1.54. The molecule has 0 amide bonds. The van der Waals surface area contributed by atoms with E-state index in [1.54, 1.807) is 12.1 Å². The van der Waals surface area contributed by atoms with E-state index in [2.05, 4.69) is 10.1 Å². The number of rotatable bonds is 6. The number of ether oxygens (including phenoxy) is 1. The van der Waals surface area contributed by atoms with Crippen molar-refractivity contribution in [3.63, 3.8) is 0 Å². The molecule has 6 heteroatoms. The molecule has 0 saturated carbocycles. The fourth-order valence-electron chi connectivity index (χ4n) is 1.54. The first-order chi connectivity index (χ1) is 9.56. The summed E-state index contributed by atoms with van der Waals surface area (Å²) in [4.78, 5) is 6.11. The van der Waals surface area contributed by atoms with Crippen LogP contribution in [0.25, 0.3) is 0 Å². The van der Waals surface area contributed by atoms with Crippen LogP contribution < -0.4 is 9.64 Å². The first kappa shape index (κ1) is 14.3. The Bertz CT molecular complexity index is 540. The largest absolute Gasteiger partial charge is 0.492 e. The summed E-state index contributed by atoms with van der Waals surface area (Å²) in [7, 11) is 1.85. The molecular weight excluding hydrogens is 261 g/mol. The lowest BCUT2D eigenvalue weighted by Crippen LogP contribution is -2.24. The number of hydrogen-bond donors (Lipinski definition) is 0. The molecule has 2 aromatic rings. The van der Waals surface area contributed by atoms with Gasteiger partial charge in [-0.2, -0.15) is 4.98 Å². The Morgan fingerprint density at radius 3 is 2.60 bits per heavy atom. The first-order valence-corrected chi connectivity index (χ1v) is 6.49. The van der Waals surface area contributed by atoms with E-state index in [9.17, 15) is 4.39 Å². The van der Waals surface area contributed by atoms with E-state index in [4.69, 9.17) is 9.26 Å². The minimum atomic E-state index is -0.276. The molecule has 0 saturated heterocycles. The Balaban J connectivity index is 1.82. The Morgan fingerprint density at radius 2 is 2.00 bits per heavy atom. The zero-order valence-electron chi connectivity index (χ0n) is 11.8. The average Bonchev–Trinajstić information content (AvgIpc) is 2.91. The lowest BCUT2D eigenvalue weighted by atomic mass is 10.2. The predicted octanol–water partition coefficient (Wildman–Crippen LogP) is 2.85. The highest BCUT2D eigenvalue weighted by molar-refractivity contribution is 5.24. The summed E-state index contributed by atoms with van der Waals surface area (Å²) in [6.45, 7) is 5.05. The quantitative estimate of drug-likeness (QED) is 0.813. The van der Waals surface area contributed by atoms with E-state index in [0.29, 0.717) is 30.7 Å². The highest BCUT2D eigenvalue weighted by Gasteiger charge is 2.13. The van der Waals surface area contributed by atoms with E-state index in [-0.39, 0.29) is 11.7 Å². The molecule has 0 unspecified atom stereocenters. The Labute approximate surface area is 117 Å². The van der Waals surface area contributed by atoms with Gasteiger partial charge in [0.25, 0.3) is 0 Å². The van der Waals surface area contributed by atoms with Gasteiger partial charge in [0.1, 0.15) is 18.2 Å². The lowest BCUT2D eigenvalue weighted by molar-refractivity contribution is 0.319. The number of halogens is 1. The molecule has 0 aliphatic rings. The summed E-state index contributed by atoms with van der Waals surface area (Å²) in [5.74, 6) is 1.28. The molecular formula is C14H18FN3O2. The first-order valence-electron chi connectivity index (χ1n) is 6.49. The van der Waals surface area contributed by atoms with Gasteiger partial charge < -0.3 is 14.2 Å². The predicted molar refractivity (Wildman–Crippen MR) is 73.6 cm³/mol. The molecule has 20 heavy (non-hydrogen) atoms. The second-order valence-electron chi connectivity index (χ2n) is 4.81. The van der Waals surface area contributed by atoms with Gasteiger partial charge in [0.05, 0.1) is 6.54 Å². The van der Waals surface area contributed by atoms with Crippen molar-refractivity contribution in [2.24, 2.45) is 0 Å². The van der Waals surface area contributed by atoms with Crippen molar-refractivity contribution < 1.29 is 13.7 Å². The van der Waals surface area contributed by atoms with E-state index in [0.717, 1.165) is 0 Å². The maximum Gasteiger partial charge on any atom is 0.323 e. The molecule has 0 fully saturated rings. The van der Waals surface area contributed by atoms with Gasteiger partial charge in [-0.25, -0.2) is 4.39 Å². The summed E-state index contributed by atoms with van der Waals surface area (Å²) >= 11 is 0. The van der Waals surface area contributed by atoms with Crippen LogP contribution in [-0.4, -0.2) is 30.3 Å². The molecule has 0 bridgehead atoms. The molecule has 108 valence electrons. The number of likely N-dealkylation sites (N-methyl/N-ethyl adjacent to an activating group) is 1. The molecule has 0 aliphatic heterocycles. The highest BCUT2D eigenvalue weighted by atomic mass is 19.1. The molecule has 0 aliphatic carbocycles. The average molecular weight is 279 g/mol. The van der Waals surface area contributed by atoms with Gasteiger partial charge in [-0.05, 0) is 24.3 Å². The molecule has 0 radical (unpaired) electrons. The van der Waals surface area contributed by atoms with Gasteiger partial charge in [0.2, 0.25) is 0 Å². The van der Waals surface area contributed by atoms with Crippen LogP contribution in [0.5, 0.6) is 5.75 Å². The Morgan fingerprint density at radius 1 is 1.30 bits per heavy atom. The summed E-state index contributed by atoms with van der Waals surface area (Å²) in [5.41, 5.74) is 0. The van der Waals surface area contributed by atoms with Crippen LogP contribution in [0.15, 0.2) is 28.8 Å². The highest BCUT2D eigenvalue weighted by Crippen LogP contribution is 2.15. The topological polar surface area (TPSA) is 51.4 Å². The number of hydrogen-bond acceptors (Lipinski definition) is 5. The number of nitrogens with zero attached hydrogens (tertiary/aromatic N) is 3. The summed E-state index contributed by atoms with van der Waals surface area (Å²) in [6, 6.07) is 6.40. The molecule has 0 atom stereocenters. The van der Waals surface area contributed by atoms with E-state index in [1.807, 2.05) is 25.8 Å². The second kappa shape index (κ2) is 6.36. The number of aromatic nitrogens is 2. The SMILES string of the molecule is CC(C)c1noc(N(C)CCOc2ccc(F)cc2)n1. The van der Waals surface area contributed by atoms with Crippen LogP contribution in [0.1, 0.15) is 25.6 Å². The van der Waals surface area contributed by atoms with Gasteiger partial charge in [0.15, 0.2) is 5.82 Å². The van der Waals surface area contributed by atoms with E-state index in [1.165, 1.54) is 12.1 Å². The third kappa shape index (κ3) is 3.69. The van der Waals surface area contributed by atoms with Crippen LogP contribution in [0, 0.1) is 5.82 Å². The number of anilines is 1. The minimum Gasteiger partial charge on any atom is -0.492 e. The van der Waals surface area contributed by atoms with Crippen molar-refractivity contribution in [1.82, 2.24) is 10.1 Å². The van der Waals surface area contributed by atoms with Crippen LogP contribution in [0.2, 0.25) is 0 Å². The lowest BCUT2D eigenvalue weighted by Gasteiger charge is -2.14. The maximum absolute atomic E-state index is 12.7. The van der Waals surface area contributed by atoms with Crippen LogP contribution >= 0.6 is 0 Å². The third-order valence-corrected chi connectivity index (χ3v) is 2.78. The Kier molecular flexibility index (Phi) is 4.55. The molecule has 5 nitrogen and oxygen atoms in total. The smallest absolute Gasteiger partial charge is 0.323 e. The van der Waals surface area contributed by atoms with Crippen LogP contribution in [-0.2, 0) is 0 Å². The molecule has 0 N–H and O–H groups in total. The molecule has 1 heterocycles. The zero-order valence-corrected chi connectivity index (χ0v) is 11.8. The van der Waals surface area contributed by atoms with Crippen molar-refractivity contribution in [3.8, 4) is 5.75 Å². The van der Waals surface area contributed by atoms with Crippen molar-refractivity contribution in [2.45, 2.75) is 19.8 Å². The summed E-state index contributed by atoms with van der Waals surface area (Å²) in [5, 5.41) is 3.90. The van der Waals surface area contributed by atoms with Crippen molar-refractivity contribution in [1.29, 1.82) is 0 Å². The van der Waals surface area contributed by atoms with E-state index < -0.39 is 0 Å². The molecule has 2 rings (SSSR count). The normalized spacial score (nSPS) is 10.8. The summed E-state index contributed by atoms with van der Waals surface area (Å²) < 4.78 is 23.4. The van der Waals surface area contributed by atoms with Crippen molar-refractivity contribution in [2.75, 3.05) is 25.1 Å². The minimum absolute atomic E-state index is 0.233. The fraction of sp³-hybridized carbons (Fsp3) is 0.429. The van der Waals surface area contributed by atoms with Crippen molar-refractivity contribution >= 4 is 6.01 Å². The van der Waals surface area contributed by atoms with Crippen LogP contribution in [0.4, 0.5) is 10.4 Å². The molecule has 1 aromatic carbocycles. The summed E-state index contributed by atoms with van der Waals surface area (Å²) in [6.07, 6.45) is 0. The van der Waals surface area contributed by atoms with Gasteiger partial charge in [-0.15, -0.1) is 0 Å². The molecule has 0 spiro atoms. The Hall–Kier alpha value is -2.11. The van der Waals surface area contributed by atoms with Gasteiger partial charge >= 0.3 is 6.01 Å². The third-order valence-electron chi connectivity index (χ3n) is 2.78. The monoisotopic (exact) mass is 279 g/mol. The standard InChI is InChI=1S/C14H18FN3O2/c1-10(2)13-16-14(20-17-13)18(3)8-9-19-12-6-4-11(15)5-7-12/h4-7,10H,8-9H2,1-3H3. The van der Waals surface area contributed by atoms with Gasteiger partial charge in [0, 0.05) is 13.0 Å². The molecule has 1 aromatic heterocycles. The zero-order chi connectivity index (χ0) is 14.5. The van der Waals surface area contributed by atoms with Crippen LogP contribution in [0.3, 0.4) is 0 Å².